The van der Waals surface area contributed by atoms with Crippen LogP contribution >= 0.6 is 0 Å². The molecule has 0 saturated heterocycles. The number of nitrogens with one attached hydrogen (secondary N) is 1. The SMILES string of the molecule is O=C(Nc1cc(C(F)(F)F)ccc1F)c1cc([N+](=O)[O-])cc2c1OCCO2. The highest BCUT2D eigenvalue weighted by Crippen LogP contribution is 2.38. The summed E-state index contributed by atoms with van der Waals surface area (Å²) in [5.74, 6) is -2.37. The van der Waals surface area contributed by atoms with Crippen molar-refractivity contribution >= 4 is 17.3 Å². The summed E-state index contributed by atoms with van der Waals surface area (Å²) in [7, 11) is 0. The van der Waals surface area contributed by atoms with Gasteiger partial charge >= 0.3 is 6.18 Å². The first-order chi connectivity index (χ1) is 12.7. The number of non-ortho nitro benzene ring substituents is 1. The fourth-order valence-electron chi connectivity index (χ4n) is 2.40. The van der Waals surface area contributed by atoms with E-state index in [1.165, 1.54) is 0 Å². The minimum absolute atomic E-state index is 0.0585. The lowest BCUT2D eigenvalue weighted by Gasteiger charge is -2.20. The third-order valence-electron chi connectivity index (χ3n) is 3.62. The number of rotatable bonds is 3. The van der Waals surface area contributed by atoms with Crippen LogP contribution in [0.15, 0.2) is 30.3 Å². The summed E-state index contributed by atoms with van der Waals surface area (Å²) >= 11 is 0. The zero-order chi connectivity index (χ0) is 19.8. The van der Waals surface area contributed by atoms with Crippen molar-refractivity contribution in [3.8, 4) is 11.5 Å². The number of carbonyl (C=O) groups is 1. The number of hydrogen-bond donors (Lipinski definition) is 1. The second kappa shape index (κ2) is 6.74. The molecule has 0 aromatic heterocycles. The third-order valence-corrected chi connectivity index (χ3v) is 3.62. The molecule has 0 saturated carbocycles. The number of nitrogens with zero attached hydrogens (tertiary/aromatic N) is 1. The van der Waals surface area contributed by atoms with Crippen molar-refractivity contribution in [1.82, 2.24) is 0 Å². The van der Waals surface area contributed by atoms with Gasteiger partial charge in [-0.05, 0) is 18.2 Å². The molecule has 2 aromatic rings. The fraction of sp³-hybridized carbons (Fsp3) is 0.188. The van der Waals surface area contributed by atoms with Crippen LogP contribution in [0.5, 0.6) is 11.5 Å². The van der Waals surface area contributed by atoms with Gasteiger partial charge in [-0.15, -0.1) is 0 Å². The van der Waals surface area contributed by atoms with Gasteiger partial charge in [-0.25, -0.2) is 4.39 Å². The Morgan fingerprint density at radius 3 is 2.52 bits per heavy atom. The molecule has 1 N–H and O–H groups in total. The number of nitro groups is 1. The lowest BCUT2D eigenvalue weighted by Crippen LogP contribution is -2.21. The van der Waals surface area contributed by atoms with Gasteiger partial charge in [-0.3, -0.25) is 14.9 Å². The predicted octanol–water partition coefficient (Wildman–Crippen LogP) is 3.78. The van der Waals surface area contributed by atoms with Gasteiger partial charge in [-0.2, -0.15) is 13.2 Å². The van der Waals surface area contributed by atoms with Crippen LogP contribution in [-0.2, 0) is 6.18 Å². The van der Waals surface area contributed by atoms with E-state index in [0.29, 0.717) is 18.2 Å². The topological polar surface area (TPSA) is 90.7 Å². The van der Waals surface area contributed by atoms with E-state index in [9.17, 15) is 32.5 Å². The van der Waals surface area contributed by atoms with E-state index < -0.39 is 39.8 Å². The Labute approximate surface area is 148 Å². The second-order valence-corrected chi connectivity index (χ2v) is 5.42. The minimum Gasteiger partial charge on any atom is -0.486 e. The number of carbonyl (C=O) groups excluding carboxylic acids is 1. The largest absolute Gasteiger partial charge is 0.486 e. The minimum atomic E-state index is -4.74. The van der Waals surface area contributed by atoms with Crippen LogP contribution in [0.3, 0.4) is 0 Å². The van der Waals surface area contributed by atoms with E-state index in [4.69, 9.17) is 9.47 Å². The van der Waals surface area contributed by atoms with Gasteiger partial charge in [0.1, 0.15) is 19.0 Å². The number of fused-ring (bicyclic) bond motifs is 1. The molecular formula is C16H10F4N2O5. The van der Waals surface area contributed by atoms with E-state index in [-0.39, 0.29) is 30.3 Å². The van der Waals surface area contributed by atoms with Crippen LogP contribution in [0.25, 0.3) is 0 Å². The van der Waals surface area contributed by atoms with Crippen molar-refractivity contribution in [3.63, 3.8) is 0 Å². The highest BCUT2D eigenvalue weighted by Gasteiger charge is 2.32. The van der Waals surface area contributed by atoms with Gasteiger partial charge in [0.2, 0.25) is 0 Å². The van der Waals surface area contributed by atoms with Gasteiger partial charge in [0.05, 0.1) is 27.8 Å². The van der Waals surface area contributed by atoms with E-state index in [2.05, 4.69) is 0 Å². The molecular weight excluding hydrogens is 376 g/mol. The Kier molecular flexibility index (Phi) is 4.60. The number of halogens is 4. The van der Waals surface area contributed by atoms with E-state index in [1.54, 1.807) is 0 Å². The van der Waals surface area contributed by atoms with E-state index >= 15 is 0 Å². The molecule has 0 fully saturated rings. The molecule has 7 nitrogen and oxygen atoms in total. The molecule has 1 amide bonds. The molecule has 142 valence electrons. The summed E-state index contributed by atoms with van der Waals surface area (Å²) in [6, 6.07) is 3.43. The van der Waals surface area contributed by atoms with Gasteiger partial charge in [0.25, 0.3) is 11.6 Å². The number of nitro benzene ring substituents is 1. The zero-order valence-electron chi connectivity index (χ0n) is 13.3. The smallest absolute Gasteiger partial charge is 0.416 e. The van der Waals surface area contributed by atoms with Crippen molar-refractivity contribution in [1.29, 1.82) is 0 Å². The summed E-state index contributed by atoms with van der Waals surface area (Å²) in [5, 5.41) is 13.0. The first-order valence-corrected chi connectivity index (χ1v) is 7.43. The van der Waals surface area contributed by atoms with Crippen molar-refractivity contribution in [2.45, 2.75) is 6.18 Å². The lowest BCUT2D eigenvalue weighted by atomic mass is 10.1. The van der Waals surface area contributed by atoms with Crippen LogP contribution in [0, 0.1) is 15.9 Å². The quantitative estimate of drug-likeness (QED) is 0.493. The fourth-order valence-corrected chi connectivity index (χ4v) is 2.40. The summed E-state index contributed by atoms with van der Waals surface area (Å²) in [6.07, 6.45) is -4.74. The molecule has 11 heteroatoms. The van der Waals surface area contributed by atoms with E-state index in [1.807, 2.05) is 5.32 Å². The molecule has 0 radical (unpaired) electrons. The molecule has 3 rings (SSSR count). The van der Waals surface area contributed by atoms with Crippen LogP contribution < -0.4 is 14.8 Å². The number of ether oxygens (including phenoxy) is 2. The molecule has 1 heterocycles. The van der Waals surface area contributed by atoms with E-state index in [0.717, 1.165) is 12.1 Å². The van der Waals surface area contributed by atoms with Crippen molar-refractivity contribution in [3.05, 3.63) is 57.4 Å². The normalized spacial score (nSPS) is 13.2. The molecule has 2 aromatic carbocycles. The van der Waals surface area contributed by atoms with Crippen LogP contribution in [0.1, 0.15) is 15.9 Å². The summed E-state index contributed by atoms with van der Waals surface area (Å²) in [6.45, 7) is 0.153. The number of benzene rings is 2. The Balaban J connectivity index is 2.00. The Morgan fingerprint density at radius 2 is 1.85 bits per heavy atom. The molecule has 27 heavy (non-hydrogen) atoms. The highest BCUT2D eigenvalue weighted by atomic mass is 19.4. The second-order valence-electron chi connectivity index (χ2n) is 5.42. The number of hydrogen-bond acceptors (Lipinski definition) is 5. The third kappa shape index (κ3) is 3.76. The summed E-state index contributed by atoms with van der Waals surface area (Å²) in [5.41, 5.74) is -2.75. The standard InChI is InChI=1S/C16H10F4N2O5/c17-11-2-1-8(16(18,19)20)5-12(11)21-15(23)10-6-9(22(24)25)7-13-14(10)27-4-3-26-13/h1-2,5-7H,3-4H2,(H,21,23). The lowest BCUT2D eigenvalue weighted by molar-refractivity contribution is -0.385. The molecule has 0 spiro atoms. The zero-order valence-corrected chi connectivity index (χ0v) is 13.3. The summed E-state index contributed by atoms with van der Waals surface area (Å²) < 4.78 is 62.7. The first kappa shape index (κ1) is 18.4. The van der Waals surface area contributed by atoms with Crippen LogP contribution in [-0.4, -0.2) is 24.0 Å². The van der Waals surface area contributed by atoms with Crippen molar-refractivity contribution in [2.24, 2.45) is 0 Å². The summed E-state index contributed by atoms with van der Waals surface area (Å²) in [4.78, 5) is 22.7. The average molecular weight is 386 g/mol. The van der Waals surface area contributed by atoms with Crippen LogP contribution in [0.4, 0.5) is 28.9 Å². The maximum atomic E-state index is 13.8. The average Bonchev–Trinajstić information content (AvgIpc) is 2.61. The van der Waals surface area contributed by atoms with Gasteiger partial charge in [0.15, 0.2) is 11.5 Å². The predicted molar refractivity (Wildman–Crippen MR) is 83.4 cm³/mol. The van der Waals surface area contributed by atoms with Gasteiger partial charge in [0, 0.05) is 6.07 Å². The Hall–Kier alpha value is -3.37. The van der Waals surface area contributed by atoms with Crippen LogP contribution in [0.2, 0.25) is 0 Å². The van der Waals surface area contributed by atoms with Gasteiger partial charge < -0.3 is 14.8 Å². The maximum Gasteiger partial charge on any atom is 0.416 e. The molecule has 0 aliphatic carbocycles. The Bertz CT molecular complexity index is 930. The van der Waals surface area contributed by atoms with Gasteiger partial charge in [-0.1, -0.05) is 0 Å². The first-order valence-electron chi connectivity index (χ1n) is 7.43. The number of anilines is 1. The highest BCUT2D eigenvalue weighted by molar-refractivity contribution is 6.07. The molecule has 1 aliphatic rings. The number of amides is 1. The Morgan fingerprint density at radius 1 is 1.15 bits per heavy atom. The molecule has 0 atom stereocenters. The van der Waals surface area contributed by atoms with Crippen molar-refractivity contribution < 1.29 is 36.8 Å². The molecule has 0 bridgehead atoms. The van der Waals surface area contributed by atoms with Crippen molar-refractivity contribution in [2.75, 3.05) is 18.5 Å². The molecule has 0 unspecified atom stereocenters. The maximum absolute atomic E-state index is 13.8. The number of alkyl halides is 3. The monoisotopic (exact) mass is 386 g/mol. The molecule has 1 aliphatic heterocycles.